The van der Waals surface area contributed by atoms with Gasteiger partial charge in [0.25, 0.3) is 5.91 Å². The molecule has 0 aliphatic carbocycles. The van der Waals surface area contributed by atoms with Gasteiger partial charge in [-0.2, -0.15) is 0 Å². The summed E-state index contributed by atoms with van der Waals surface area (Å²) in [6.45, 7) is 0.669. The average molecular weight is 301 g/mol. The summed E-state index contributed by atoms with van der Waals surface area (Å²) in [4.78, 5) is 14.8. The smallest absolute Gasteiger partial charge is 0.267 e. The minimum atomic E-state index is -3.31. The fourth-order valence-electron chi connectivity index (χ4n) is 2.06. The number of amides is 1. The molecule has 0 bridgehead atoms. The van der Waals surface area contributed by atoms with Crippen molar-refractivity contribution in [3.05, 3.63) is 24.0 Å². The first-order chi connectivity index (χ1) is 9.40. The zero-order valence-corrected chi connectivity index (χ0v) is 12.3. The van der Waals surface area contributed by atoms with E-state index >= 15 is 0 Å². The molecule has 7 nitrogen and oxygen atoms in total. The van der Waals surface area contributed by atoms with Crippen molar-refractivity contribution in [3.8, 4) is 0 Å². The van der Waals surface area contributed by atoms with Gasteiger partial charge in [-0.3, -0.25) is 4.79 Å². The van der Waals surface area contributed by atoms with E-state index in [1.54, 1.807) is 18.3 Å². The molecule has 1 aliphatic rings. The van der Waals surface area contributed by atoms with Crippen LogP contribution in [0, 0.1) is 5.92 Å². The molecular weight excluding hydrogens is 282 g/mol. The number of H-pyrrole nitrogens is 1. The Bertz CT molecular complexity index is 553. The lowest BCUT2D eigenvalue weighted by atomic mass is 10.1. The normalized spacial score (nSPS) is 23.1. The first kappa shape index (κ1) is 15.0. The lowest BCUT2D eigenvalue weighted by molar-refractivity contribution is 0.0921. The summed E-state index contributed by atoms with van der Waals surface area (Å²) >= 11 is 0. The van der Waals surface area contributed by atoms with Gasteiger partial charge in [-0.05, 0) is 12.1 Å². The van der Waals surface area contributed by atoms with Crippen LogP contribution in [0.3, 0.4) is 0 Å². The summed E-state index contributed by atoms with van der Waals surface area (Å²) in [5.74, 6) is -0.519. The van der Waals surface area contributed by atoms with Crippen molar-refractivity contribution in [2.24, 2.45) is 5.92 Å². The molecule has 2 rings (SSSR count). The van der Waals surface area contributed by atoms with Crippen molar-refractivity contribution in [3.63, 3.8) is 0 Å². The van der Waals surface area contributed by atoms with Crippen LogP contribution < -0.4 is 5.32 Å². The summed E-state index contributed by atoms with van der Waals surface area (Å²) in [6.07, 6.45) is 1.66. The molecule has 0 unspecified atom stereocenters. The number of sulfonamides is 1. The van der Waals surface area contributed by atoms with Crippen LogP contribution in [0.4, 0.5) is 0 Å². The molecular formula is C12H19N3O4S. The number of hydrogen-bond acceptors (Lipinski definition) is 4. The molecule has 0 spiro atoms. The van der Waals surface area contributed by atoms with E-state index in [9.17, 15) is 13.2 Å². The Morgan fingerprint density at radius 3 is 2.85 bits per heavy atom. The first-order valence-corrected chi connectivity index (χ1v) is 7.93. The Labute approximate surface area is 118 Å². The Kier molecular flexibility index (Phi) is 4.46. The molecule has 1 aromatic heterocycles. The third-order valence-corrected chi connectivity index (χ3v) is 5.30. The minimum Gasteiger partial charge on any atom is -0.379 e. The van der Waals surface area contributed by atoms with Crippen LogP contribution in [0.1, 0.15) is 10.5 Å². The molecule has 20 heavy (non-hydrogen) atoms. The van der Waals surface area contributed by atoms with E-state index in [-0.39, 0.29) is 23.6 Å². The summed E-state index contributed by atoms with van der Waals surface area (Å²) in [7, 11) is -0.315. The highest BCUT2D eigenvalue weighted by Crippen LogP contribution is 2.17. The second-order valence-corrected chi connectivity index (χ2v) is 7.25. The monoisotopic (exact) mass is 301 g/mol. The zero-order valence-electron chi connectivity index (χ0n) is 11.5. The largest absolute Gasteiger partial charge is 0.379 e. The summed E-state index contributed by atoms with van der Waals surface area (Å²) in [6, 6.07) is 3.10. The maximum Gasteiger partial charge on any atom is 0.267 e. The highest BCUT2D eigenvalue weighted by atomic mass is 32.2. The molecule has 1 aromatic rings. The zero-order chi connectivity index (χ0) is 14.8. The van der Waals surface area contributed by atoms with Crippen molar-refractivity contribution in [1.82, 2.24) is 14.6 Å². The standard InChI is InChI=1S/C12H19N3O4S/c1-15(2)20(17,18)8-9-6-19-7-11(9)14-12(16)10-4-3-5-13-10/h3-5,9,11,13H,6-8H2,1-2H3,(H,14,16)/t9-,11+/m0/s1. The molecule has 0 radical (unpaired) electrons. The van der Waals surface area contributed by atoms with Gasteiger partial charge in [0.2, 0.25) is 10.0 Å². The number of aromatic nitrogens is 1. The molecule has 2 atom stereocenters. The van der Waals surface area contributed by atoms with Crippen molar-refractivity contribution < 1.29 is 17.9 Å². The van der Waals surface area contributed by atoms with Crippen LogP contribution in [0.5, 0.6) is 0 Å². The number of carbonyl (C=O) groups is 1. The second-order valence-electron chi connectivity index (χ2n) is 5.02. The van der Waals surface area contributed by atoms with Gasteiger partial charge in [-0.1, -0.05) is 0 Å². The van der Waals surface area contributed by atoms with Gasteiger partial charge in [-0.15, -0.1) is 0 Å². The third kappa shape index (κ3) is 3.38. The SMILES string of the molecule is CN(C)S(=O)(=O)C[C@@H]1COC[C@H]1NC(=O)c1ccc[nH]1. The van der Waals surface area contributed by atoms with Gasteiger partial charge in [0.1, 0.15) is 5.69 Å². The van der Waals surface area contributed by atoms with Crippen molar-refractivity contribution in [1.29, 1.82) is 0 Å². The van der Waals surface area contributed by atoms with Gasteiger partial charge in [-0.25, -0.2) is 12.7 Å². The van der Waals surface area contributed by atoms with Crippen LogP contribution in [0.25, 0.3) is 0 Å². The topological polar surface area (TPSA) is 91.5 Å². The van der Waals surface area contributed by atoms with Crippen LogP contribution in [-0.2, 0) is 14.8 Å². The van der Waals surface area contributed by atoms with Crippen molar-refractivity contribution in [2.75, 3.05) is 33.1 Å². The van der Waals surface area contributed by atoms with Crippen molar-refractivity contribution >= 4 is 15.9 Å². The highest BCUT2D eigenvalue weighted by molar-refractivity contribution is 7.89. The van der Waals surface area contributed by atoms with Crippen LogP contribution in [0.15, 0.2) is 18.3 Å². The number of nitrogens with one attached hydrogen (secondary N) is 2. The third-order valence-electron chi connectivity index (χ3n) is 3.34. The maximum absolute atomic E-state index is 11.9. The number of ether oxygens (including phenoxy) is 1. The number of carbonyl (C=O) groups excluding carboxylic acids is 1. The van der Waals surface area contributed by atoms with E-state index in [1.807, 2.05) is 0 Å². The maximum atomic E-state index is 11.9. The average Bonchev–Trinajstić information content (AvgIpc) is 3.00. The van der Waals surface area contributed by atoms with E-state index in [4.69, 9.17) is 4.74 Å². The predicted molar refractivity (Wildman–Crippen MR) is 73.8 cm³/mol. The Morgan fingerprint density at radius 2 is 2.25 bits per heavy atom. The van der Waals surface area contributed by atoms with Gasteiger partial charge in [0.05, 0.1) is 25.0 Å². The number of aromatic amines is 1. The van der Waals surface area contributed by atoms with Gasteiger partial charge in [0.15, 0.2) is 0 Å². The van der Waals surface area contributed by atoms with E-state index in [1.165, 1.54) is 18.4 Å². The summed E-state index contributed by atoms with van der Waals surface area (Å²) in [5.41, 5.74) is 0.450. The lowest BCUT2D eigenvalue weighted by Gasteiger charge is -2.20. The number of nitrogens with zero attached hydrogens (tertiary/aromatic N) is 1. The highest BCUT2D eigenvalue weighted by Gasteiger charge is 2.34. The second kappa shape index (κ2) is 5.94. The fourth-order valence-corrected chi connectivity index (χ4v) is 3.23. The summed E-state index contributed by atoms with van der Waals surface area (Å²) < 4.78 is 30.3. The minimum absolute atomic E-state index is 0.0321. The van der Waals surface area contributed by atoms with Gasteiger partial charge in [0, 0.05) is 26.2 Å². The van der Waals surface area contributed by atoms with Crippen LogP contribution >= 0.6 is 0 Å². The van der Waals surface area contributed by atoms with E-state index < -0.39 is 10.0 Å². The molecule has 112 valence electrons. The van der Waals surface area contributed by atoms with Crippen molar-refractivity contribution in [2.45, 2.75) is 6.04 Å². The molecule has 2 N–H and O–H groups in total. The van der Waals surface area contributed by atoms with Gasteiger partial charge < -0.3 is 15.0 Å². The number of rotatable bonds is 5. The quantitative estimate of drug-likeness (QED) is 0.778. The van der Waals surface area contributed by atoms with Crippen LogP contribution in [-0.4, -0.2) is 62.7 Å². The molecule has 1 fully saturated rings. The first-order valence-electron chi connectivity index (χ1n) is 6.32. The van der Waals surface area contributed by atoms with Gasteiger partial charge >= 0.3 is 0 Å². The molecule has 1 saturated heterocycles. The summed E-state index contributed by atoms with van der Waals surface area (Å²) in [5, 5.41) is 2.81. The molecule has 0 aromatic carbocycles. The van der Waals surface area contributed by atoms with E-state index in [0.717, 1.165) is 0 Å². The predicted octanol–water partition coefficient (Wildman–Crippen LogP) is -0.349. The Hall–Kier alpha value is -1.38. The molecule has 1 aliphatic heterocycles. The van der Waals surface area contributed by atoms with E-state index in [0.29, 0.717) is 18.9 Å². The molecule has 0 saturated carbocycles. The molecule has 8 heteroatoms. The van der Waals surface area contributed by atoms with Crippen LogP contribution in [0.2, 0.25) is 0 Å². The fraction of sp³-hybridized carbons (Fsp3) is 0.583. The molecule has 1 amide bonds. The molecule has 2 heterocycles. The lowest BCUT2D eigenvalue weighted by Crippen LogP contribution is -2.43. The number of hydrogen-bond donors (Lipinski definition) is 2. The Morgan fingerprint density at radius 1 is 1.50 bits per heavy atom. The Balaban J connectivity index is 1.99. The van der Waals surface area contributed by atoms with E-state index in [2.05, 4.69) is 10.3 Å².